The first-order valence-electron chi connectivity index (χ1n) is 7.10. The van der Waals surface area contributed by atoms with Crippen molar-refractivity contribution < 1.29 is 9.53 Å². The second-order valence-electron chi connectivity index (χ2n) is 6.36. The second-order valence-corrected chi connectivity index (χ2v) is 6.36. The summed E-state index contributed by atoms with van der Waals surface area (Å²) in [4.78, 5) is 14.3. The van der Waals surface area contributed by atoms with Crippen molar-refractivity contribution in [1.82, 2.24) is 5.32 Å². The van der Waals surface area contributed by atoms with E-state index in [0.29, 0.717) is 0 Å². The van der Waals surface area contributed by atoms with E-state index in [-0.39, 0.29) is 17.4 Å². The molecule has 1 atom stereocenters. The first kappa shape index (κ1) is 14.7. The van der Waals surface area contributed by atoms with Crippen molar-refractivity contribution in [3.8, 4) is 5.75 Å². The van der Waals surface area contributed by atoms with Gasteiger partial charge in [0.1, 0.15) is 5.75 Å². The number of hydrogen-bond donors (Lipinski definition) is 1. The summed E-state index contributed by atoms with van der Waals surface area (Å²) in [5.41, 5.74) is 0.820. The van der Waals surface area contributed by atoms with E-state index in [1.807, 2.05) is 39.0 Å². The maximum atomic E-state index is 12.0. The molecule has 1 saturated heterocycles. The van der Waals surface area contributed by atoms with Gasteiger partial charge in [-0.25, -0.2) is 0 Å². The first-order valence-corrected chi connectivity index (χ1v) is 7.10. The summed E-state index contributed by atoms with van der Waals surface area (Å²) in [5, 5.41) is 3.14. The number of methoxy groups -OCH3 is 1. The Balaban J connectivity index is 1.97. The molecule has 0 aliphatic carbocycles. The summed E-state index contributed by atoms with van der Waals surface area (Å²) in [6.45, 7) is 7.64. The molecule has 4 nitrogen and oxygen atoms in total. The summed E-state index contributed by atoms with van der Waals surface area (Å²) < 4.78 is 5.25. The SMILES string of the molecule is COc1cccc(N2CC[C@H](NC(=O)C(C)(C)C)C2)c1. The van der Waals surface area contributed by atoms with E-state index < -0.39 is 0 Å². The largest absolute Gasteiger partial charge is 0.497 e. The van der Waals surface area contributed by atoms with Gasteiger partial charge in [0, 0.05) is 36.3 Å². The molecular weight excluding hydrogens is 252 g/mol. The number of carbonyl (C=O) groups is 1. The Kier molecular flexibility index (Phi) is 4.21. The second kappa shape index (κ2) is 5.73. The minimum absolute atomic E-state index is 0.120. The molecule has 1 aromatic carbocycles. The van der Waals surface area contributed by atoms with Gasteiger partial charge in [0.2, 0.25) is 5.91 Å². The van der Waals surface area contributed by atoms with E-state index in [1.54, 1.807) is 7.11 Å². The minimum atomic E-state index is -0.330. The summed E-state index contributed by atoms with van der Waals surface area (Å²) in [5.74, 6) is 0.986. The predicted octanol–water partition coefficient (Wildman–Crippen LogP) is 2.44. The maximum absolute atomic E-state index is 12.0. The molecule has 1 aromatic rings. The molecule has 4 heteroatoms. The van der Waals surface area contributed by atoms with Crippen LogP contribution in [-0.4, -0.2) is 32.1 Å². The number of carbonyl (C=O) groups excluding carboxylic acids is 1. The number of ether oxygens (including phenoxy) is 1. The first-order chi connectivity index (χ1) is 9.40. The summed E-state index contributed by atoms with van der Waals surface area (Å²) >= 11 is 0. The predicted molar refractivity (Wildman–Crippen MR) is 81.2 cm³/mol. The van der Waals surface area contributed by atoms with Crippen LogP contribution < -0.4 is 15.0 Å². The number of benzene rings is 1. The van der Waals surface area contributed by atoms with Gasteiger partial charge in [-0.1, -0.05) is 26.8 Å². The van der Waals surface area contributed by atoms with Crippen molar-refractivity contribution in [3.63, 3.8) is 0 Å². The third-order valence-corrected chi connectivity index (χ3v) is 3.62. The Morgan fingerprint density at radius 1 is 1.40 bits per heavy atom. The summed E-state index contributed by atoms with van der Waals surface area (Å²) in [7, 11) is 1.68. The van der Waals surface area contributed by atoms with E-state index in [1.165, 1.54) is 0 Å². The van der Waals surface area contributed by atoms with E-state index >= 15 is 0 Å². The molecule has 0 bridgehead atoms. The fourth-order valence-electron chi connectivity index (χ4n) is 2.32. The third-order valence-electron chi connectivity index (χ3n) is 3.62. The van der Waals surface area contributed by atoms with Gasteiger partial charge in [-0.2, -0.15) is 0 Å². The molecule has 110 valence electrons. The number of hydrogen-bond acceptors (Lipinski definition) is 3. The molecular formula is C16H24N2O2. The average Bonchev–Trinajstić information content (AvgIpc) is 2.86. The average molecular weight is 276 g/mol. The number of nitrogens with zero attached hydrogens (tertiary/aromatic N) is 1. The zero-order valence-electron chi connectivity index (χ0n) is 12.8. The monoisotopic (exact) mass is 276 g/mol. The molecule has 1 aliphatic rings. The quantitative estimate of drug-likeness (QED) is 0.922. The highest BCUT2D eigenvalue weighted by atomic mass is 16.5. The highest BCUT2D eigenvalue weighted by Gasteiger charge is 2.28. The standard InChI is InChI=1S/C16H24N2O2/c1-16(2,3)15(19)17-12-8-9-18(11-12)13-6-5-7-14(10-13)20-4/h5-7,10,12H,8-9,11H2,1-4H3,(H,17,19)/t12-/m0/s1. The lowest BCUT2D eigenvalue weighted by Crippen LogP contribution is -2.43. The molecule has 0 radical (unpaired) electrons. The van der Waals surface area contributed by atoms with Gasteiger partial charge in [-0.15, -0.1) is 0 Å². The van der Waals surface area contributed by atoms with E-state index in [9.17, 15) is 4.79 Å². The normalized spacial score (nSPS) is 19.0. The van der Waals surface area contributed by atoms with E-state index in [4.69, 9.17) is 4.74 Å². The van der Waals surface area contributed by atoms with Crippen LogP contribution in [0.4, 0.5) is 5.69 Å². The van der Waals surface area contributed by atoms with Crippen molar-refractivity contribution in [1.29, 1.82) is 0 Å². The van der Waals surface area contributed by atoms with Gasteiger partial charge in [0.05, 0.1) is 7.11 Å². The molecule has 1 fully saturated rings. The van der Waals surface area contributed by atoms with Gasteiger partial charge >= 0.3 is 0 Å². The van der Waals surface area contributed by atoms with Gasteiger partial charge < -0.3 is 15.0 Å². The van der Waals surface area contributed by atoms with Crippen LogP contribution in [0.2, 0.25) is 0 Å². The molecule has 1 heterocycles. The molecule has 20 heavy (non-hydrogen) atoms. The van der Waals surface area contributed by atoms with Gasteiger partial charge in [-0.05, 0) is 18.6 Å². The molecule has 0 saturated carbocycles. The number of anilines is 1. The van der Waals surface area contributed by atoms with Crippen LogP contribution in [0, 0.1) is 5.41 Å². The molecule has 1 amide bonds. The maximum Gasteiger partial charge on any atom is 0.225 e. The fourth-order valence-corrected chi connectivity index (χ4v) is 2.32. The van der Waals surface area contributed by atoms with Crippen molar-refractivity contribution in [2.45, 2.75) is 33.2 Å². The lowest BCUT2D eigenvalue weighted by atomic mass is 9.95. The van der Waals surface area contributed by atoms with Gasteiger partial charge in [-0.3, -0.25) is 4.79 Å². The lowest BCUT2D eigenvalue weighted by molar-refractivity contribution is -0.129. The van der Waals surface area contributed by atoms with Gasteiger partial charge in [0.15, 0.2) is 0 Å². The molecule has 1 N–H and O–H groups in total. The fraction of sp³-hybridized carbons (Fsp3) is 0.562. The summed E-state index contributed by atoms with van der Waals surface area (Å²) in [6.07, 6.45) is 0.985. The zero-order chi connectivity index (χ0) is 14.8. The minimum Gasteiger partial charge on any atom is -0.497 e. The molecule has 1 aliphatic heterocycles. The zero-order valence-corrected chi connectivity index (χ0v) is 12.8. The van der Waals surface area contributed by atoms with Crippen molar-refractivity contribution in [2.75, 3.05) is 25.1 Å². The highest BCUT2D eigenvalue weighted by molar-refractivity contribution is 5.81. The topological polar surface area (TPSA) is 41.6 Å². The molecule has 2 rings (SSSR count). The molecule has 0 aromatic heterocycles. The Labute approximate surface area is 121 Å². The van der Waals surface area contributed by atoms with Crippen LogP contribution in [0.5, 0.6) is 5.75 Å². The Bertz CT molecular complexity index is 480. The highest BCUT2D eigenvalue weighted by Crippen LogP contribution is 2.25. The molecule has 0 spiro atoms. The van der Waals surface area contributed by atoms with Crippen molar-refractivity contribution >= 4 is 11.6 Å². The van der Waals surface area contributed by atoms with Crippen LogP contribution in [0.25, 0.3) is 0 Å². The van der Waals surface area contributed by atoms with Crippen LogP contribution in [0.1, 0.15) is 27.2 Å². The van der Waals surface area contributed by atoms with Crippen LogP contribution in [0.15, 0.2) is 24.3 Å². The van der Waals surface area contributed by atoms with Crippen molar-refractivity contribution in [2.24, 2.45) is 5.41 Å². The third kappa shape index (κ3) is 3.44. The van der Waals surface area contributed by atoms with Crippen LogP contribution in [0.3, 0.4) is 0 Å². The van der Waals surface area contributed by atoms with E-state index in [0.717, 1.165) is 30.9 Å². The lowest BCUT2D eigenvalue weighted by Gasteiger charge is -2.23. The van der Waals surface area contributed by atoms with Gasteiger partial charge in [0.25, 0.3) is 0 Å². The Morgan fingerprint density at radius 2 is 2.15 bits per heavy atom. The Hall–Kier alpha value is -1.71. The number of amides is 1. The van der Waals surface area contributed by atoms with Crippen molar-refractivity contribution in [3.05, 3.63) is 24.3 Å². The van der Waals surface area contributed by atoms with Crippen LogP contribution >= 0.6 is 0 Å². The van der Waals surface area contributed by atoms with E-state index in [2.05, 4.69) is 16.3 Å². The summed E-state index contributed by atoms with van der Waals surface area (Å²) in [6, 6.07) is 8.28. The Morgan fingerprint density at radius 3 is 2.80 bits per heavy atom. The number of rotatable bonds is 3. The number of nitrogens with one attached hydrogen (secondary N) is 1. The van der Waals surface area contributed by atoms with Crippen LogP contribution in [-0.2, 0) is 4.79 Å². The molecule has 0 unspecified atom stereocenters. The smallest absolute Gasteiger partial charge is 0.225 e.